The number of benzene rings is 3. The number of nitrogen functional groups attached to an aromatic ring is 1. The first kappa shape index (κ1) is 36.7. The van der Waals surface area contributed by atoms with Crippen molar-refractivity contribution in [3.63, 3.8) is 0 Å². The van der Waals surface area contributed by atoms with Crippen LogP contribution >= 0.6 is 0 Å². The highest BCUT2D eigenvalue weighted by Gasteiger charge is 2.32. The number of urea groups is 1. The van der Waals surface area contributed by atoms with Gasteiger partial charge in [0.05, 0.1) is 37.0 Å². The molecule has 0 saturated heterocycles. The van der Waals surface area contributed by atoms with Gasteiger partial charge in [-0.05, 0) is 62.2 Å². The number of aliphatic hydroxyl groups is 1. The standard InChI is InChI=1S/C37H48N6O6/c1-25-22-43(26(2)24-44)36(47)21-27-20-29(39-34(45)16-8-5-9-17-35(46)41-31-15-11-10-14-30(31)38)18-19-32(27)49-33(25)23-42(3)37(48)40-28-12-6-4-7-13-28/h4,6-7,10-15,18-20,25-26,33,44H,5,8-9,16-17,21-24,38H2,1-3H3,(H,39,45)(H,40,48)(H,41,46)/t25-,26-,33+/m1/s1. The maximum Gasteiger partial charge on any atom is 0.321 e. The Morgan fingerprint density at radius 1 is 0.939 bits per heavy atom. The van der Waals surface area contributed by atoms with Crippen LogP contribution in [0.15, 0.2) is 72.8 Å². The number of unbranched alkanes of at least 4 members (excludes halogenated alkanes) is 2. The Balaban J connectivity index is 1.37. The molecule has 0 fully saturated rings. The van der Waals surface area contributed by atoms with Crippen molar-refractivity contribution in [1.82, 2.24) is 9.80 Å². The van der Waals surface area contributed by atoms with Gasteiger partial charge in [0.1, 0.15) is 11.9 Å². The van der Waals surface area contributed by atoms with Crippen molar-refractivity contribution in [3.05, 3.63) is 78.4 Å². The van der Waals surface area contributed by atoms with E-state index in [1.165, 1.54) is 0 Å². The third kappa shape index (κ3) is 11.0. The molecular weight excluding hydrogens is 624 g/mol. The van der Waals surface area contributed by atoms with Crippen molar-refractivity contribution >= 4 is 46.5 Å². The number of nitrogens with zero attached hydrogens (tertiary/aromatic N) is 2. The molecule has 0 saturated carbocycles. The molecule has 5 amide bonds. The lowest BCUT2D eigenvalue weighted by atomic mass is 10.0. The number of likely N-dealkylation sites (N-methyl/N-ethyl adjacent to an activating group) is 1. The molecule has 3 atom stereocenters. The number of nitrogens with one attached hydrogen (secondary N) is 3. The summed E-state index contributed by atoms with van der Waals surface area (Å²) in [6, 6.07) is 20.8. The van der Waals surface area contributed by atoms with E-state index in [2.05, 4.69) is 16.0 Å². The molecule has 262 valence electrons. The molecule has 0 aromatic heterocycles. The molecule has 12 heteroatoms. The third-order valence-electron chi connectivity index (χ3n) is 8.57. The SMILES string of the molecule is C[C@@H]1CN([C@H](C)CO)C(=O)Cc2cc(NC(=O)CCCCCC(=O)Nc3ccccc3N)ccc2O[C@H]1CN(C)C(=O)Nc1ccccc1. The van der Waals surface area contributed by atoms with Crippen molar-refractivity contribution < 1.29 is 29.0 Å². The summed E-state index contributed by atoms with van der Waals surface area (Å²) >= 11 is 0. The lowest BCUT2D eigenvalue weighted by molar-refractivity contribution is -0.134. The van der Waals surface area contributed by atoms with Gasteiger partial charge >= 0.3 is 6.03 Å². The minimum atomic E-state index is -0.475. The van der Waals surface area contributed by atoms with Crippen LogP contribution in [0.2, 0.25) is 0 Å². The lowest BCUT2D eigenvalue weighted by Crippen LogP contribution is -2.48. The van der Waals surface area contributed by atoms with E-state index in [0.29, 0.717) is 66.3 Å². The first-order chi connectivity index (χ1) is 23.5. The van der Waals surface area contributed by atoms with Crippen molar-refractivity contribution in [2.24, 2.45) is 5.92 Å². The monoisotopic (exact) mass is 672 g/mol. The van der Waals surface area contributed by atoms with Gasteiger partial charge in [0.2, 0.25) is 17.7 Å². The Morgan fingerprint density at radius 3 is 2.31 bits per heavy atom. The molecule has 0 unspecified atom stereocenters. The smallest absolute Gasteiger partial charge is 0.321 e. The fourth-order valence-electron chi connectivity index (χ4n) is 5.61. The number of anilines is 4. The summed E-state index contributed by atoms with van der Waals surface area (Å²) in [4.78, 5) is 54.8. The van der Waals surface area contributed by atoms with E-state index in [1.54, 1.807) is 66.2 Å². The molecule has 49 heavy (non-hydrogen) atoms. The summed E-state index contributed by atoms with van der Waals surface area (Å²) in [7, 11) is 1.69. The van der Waals surface area contributed by atoms with Gasteiger partial charge in [-0.25, -0.2) is 4.79 Å². The summed E-state index contributed by atoms with van der Waals surface area (Å²) in [5.41, 5.74) is 8.78. The molecule has 0 bridgehead atoms. The first-order valence-corrected chi connectivity index (χ1v) is 16.7. The fourth-order valence-corrected chi connectivity index (χ4v) is 5.61. The van der Waals surface area contributed by atoms with Crippen molar-refractivity contribution in [2.45, 2.75) is 64.5 Å². The van der Waals surface area contributed by atoms with Crippen molar-refractivity contribution in [2.75, 3.05) is 48.4 Å². The van der Waals surface area contributed by atoms with E-state index in [-0.39, 0.29) is 55.7 Å². The predicted octanol–water partition coefficient (Wildman–Crippen LogP) is 5.11. The number of carbonyl (C=O) groups excluding carboxylic acids is 4. The van der Waals surface area contributed by atoms with Crippen LogP contribution in [0.25, 0.3) is 0 Å². The zero-order valence-corrected chi connectivity index (χ0v) is 28.5. The normalized spacial score (nSPS) is 16.6. The topological polar surface area (TPSA) is 166 Å². The predicted molar refractivity (Wildman–Crippen MR) is 191 cm³/mol. The van der Waals surface area contributed by atoms with Gasteiger partial charge in [-0.15, -0.1) is 0 Å². The largest absolute Gasteiger partial charge is 0.488 e. The summed E-state index contributed by atoms with van der Waals surface area (Å²) in [5.74, 6) is -0.158. The molecule has 6 N–H and O–H groups in total. The highest BCUT2D eigenvalue weighted by Crippen LogP contribution is 2.29. The summed E-state index contributed by atoms with van der Waals surface area (Å²) < 4.78 is 6.51. The van der Waals surface area contributed by atoms with Crippen molar-refractivity contribution in [1.29, 1.82) is 0 Å². The number of para-hydroxylation sites is 3. The van der Waals surface area contributed by atoms with E-state index in [9.17, 15) is 24.3 Å². The number of rotatable bonds is 13. The molecule has 0 aliphatic carbocycles. The molecule has 3 aromatic rings. The maximum absolute atomic E-state index is 13.5. The fraction of sp³-hybridized carbons (Fsp3) is 0.405. The van der Waals surface area contributed by atoms with Gasteiger partial charge in [-0.3, -0.25) is 14.4 Å². The average molecular weight is 673 g/mol. The Labute approximate surface area is 288 Å². The van der Waals surface area contributed by atoms with Gasteiger partial charge in [0.25, 0.3) is 0 Å². The minimum absolute atomic E-state index is 0.0177. The molecular formula is C37H48N6O6. The van der Waals surface area contributed by atoms with Crippen LogP contribution in [0.4, 0.5) is 27.5 Å². The summed E-state index contributed by atoms with van der Waals surface area (Å²) in [5, 5.41) is 18.5. The van der Waals surface area contributed by atoms with Gasteiger partial charge in [0, 0.05) is 49.3 Å². The van der Waals surface area contributed by atoms with Gasteiger partial charge in [0.15, 0.2) is 0 Å². The molecule has 0 spiro atoms. The number of hydrogen-bond donors (Lipinski definition) is 5. The highest BCUT2D eigenvalue weighted by atomic mass is 16.5. The zero-order chi connectivity index (χ0) is 35.3. The zero-order valence-electron chi connectivity index (χ0n) is 28.5. The van der Waals surface area contributed by atoms with Gasteiger partial charge in [-0.2, -0.15) is 0 Å². The lowest BCUT2D eigenvalue weighted by Gasteiger charge is -2.34. The van der Waals surface area contributed by atoms with Crippen LogP contribution in [0.5, 0.6) is 5.75 Å². The number of aliphatic hydroxyl groups excluding tert-OH is 1. The van der Waals surface area contributed by atoms with E-state index in [0.717, 1.165) is 0 Å². The van der Waals surface area contributed by atoms with Crippen LogP contribution in [0.3, 0.4) is 0 Å². The summed E-state index contributed by atoms with van der Waals surface area (Å²) in [6.45, 7) is 4.14. The highest BCUT2D eigenvalue weighted by molar-refractivity contribution is 5.94. The van der Waals surface area contributed by atoms with E-state index < -0.39 is 12.1 Å². The van der Waals surface area contributed by atoms with Gasteiger partial charge in [-0.1, -0.05) is 43.7 Å². The summed E-state index contributed by atoms with van der Waals surface area (Å²) in [6.07, 6.45) is 2.09. The van der Waals surface area contributed by atoms with Gasteiger partial charge < -0.3 is 41.3 Å². The van der Waals surface area contributed by atoms with E-state index >= 15 is 0 Å². The maximum atomic E-state index is 13.5. The van der Waals surface area contributed by atoms with Crippen LogP contribution < -0.4 is 26.4 Å². The number of ether oxygens (including phenoxy) is 1. The average Bonchev–Trinajstić information content (AvgIpc) is 3.12. The Hall–Kier alpha value is -5.10. The molecule has 1 heterocycles. The molecule has 4 rings (SSSR count). The number of nitrogens with two attached hydrogens (primary N) is 1. The molecule has 1 aliphatic heterocycles. The second kappa shape index (κ2) is 17.9. The van der Waals surface area contributed by atoms with Crippen LogP contribution in [-0.2, 0) is 20.8 Å². The molecule has 12 nitrogen and oxygen atoms in total. The number of fused-ring (bicyclic) bond motifs is 1. The molecule has 0 radical (unpaired) electrons. The minimum Gasteiger partial charge on any atom is -0.488 e. The molecule has 3 aromatic carbocycles. The van der Waals surface area contributed by atoms with Crippen molar-refractivity contribution in [3.8, 4) is 5.75 Å². The first-order valence-electron chi connectivity index (χ1n) is 16.7. The van der Waals surface area contributed by atoms with Crippen LogP contribution in [0.1, 0.15) is 51.5 Å². The van der Waals surface area contributed by atoms with Crippen LogP contribution in [-0.4, -0.2) is 77.5 Å². The Morgan fingerprint density at radius 2 is 1.61 bits per heavy atom. The Kier molecular flexibility index (Phi) is 13.4. The number of amides is 5. The second-order valence-corrected chi connectivity index (χ2v) is 12.6. The van der Waals surface area contributed by atoms with E-state index in [1.807, 2.05) is 37.3 Å². The second-order valence-electron chi connectivity index (χ2n) is 12.6. The van der Waals surface area contributed by atoms with Crippen LogP contribution in [0, 0.1) is 5.92 Å². The quantitative estimate of drug-likeness (QED) is 0.124. The number of carbonyl (C=O) groups is 4. The molecule has 1 aliphatic rings. The van der Waals surface area contributed by atoms with E-state index in [4.69, 9.17) is 10.5 Å². The Bertz CT molecular complexity index is 1580. The number of hydrogen-bond acceptors (Lipinski definition) is 7. The third-order valence-corrected chi connectivity index (χ3v) is 8.57.